The number of hydrogen-bond acceptors (Lipinski definition) is 2. The summed E-state index contributed by atoms with van der Waals surface area (Å²) in [5.74, 6) is 0.444. The van der Waals surface area contributed by atoms with Gasteiger partial charge in [0, 0.05) is 6.61 Å². The third kappa shape index (κ3) is 4.12. The Bertz CT molecular complexity index is 153. The van der Waals surface area contributed by atoms with Crippen molar-refractivity contribution in [2.75, 3.05) is 6.61 Å². The first-order valence-electron chi connectivity index (χ1n) is 6.59. The molecule has 0 saturated carbocycles. The third-order valence-electron chi connectivity index (χ3n) is 3.53. The predicted molar refractivity (Wildman–Crippen MR) is 62.9 cm³/mol. The van der Waals surface area contributed by atoms with Crippen LogP contribution >= 0.6 is 0 Å². The van der Waals surface area contributed by atoms with Crippen molar-refractivity contribution >= 4 is 0 Å². The molecule has 1 fully saturated rings. The van der Waals surface area contributed by atoms with Crippen molar-refractivity contribution in [2.45, 2.75) is 71.0 Å². The van der Waals surface area contributed by atoms with Crippen LogP contribution in [0.1, 0.15) is 58.8 Å². The monoisotopic (exact) mass is 214 g/mol. The minimum absolute atomic E-state index is 0.122. The Balaban J connectivity index is 2.28. The van der Waals surface area contributed by atoms with Crippen LogP contribution in [0.15, 0.2) is 0 Å². The molecule has 1 saturated heterocycles. The lowest BCUT2D eigenvalue weighted by Gasteiger charge is -2.26. The van der Waals surface area contributed by atoms with Crippen LogP contribution in [0, 0.1) is 5.92 Å². The van der Waals surface area contributed by atoms with Gasteiger partial charge < -0.3 is 9.84 Å². The highest BCUT2D eigenvalue weighted by molar-refractivity contribution is 4.79. The van der Waals surface area contributed by atoms with Crippen LogP contribution in [-0.4, -0.2) is 23.9 Å². The molecule has 2 nitrogen and oxygen atoms in total. The fourth-order valence-electron chi connectivity index (χ4n) is 2.45. The van der Waals surface area contributed by atoms with E-state index in [1.54, 1.807) is 0 Å². The van der Waals surface area contributed by atoms with Gasteiger partial charge in [0.15, 0.2) is 0 Å². The summed E-state index contributed by atoms with van der Waals surface area (Å²) in [6, 6.07) is 0. The number of unbranched alkanes of at least 4 members (excludes halogenated alkanes) is 2. The quantitative estimate of drug-likeness (QED) is 0.660. The van der Waals surface area contributed by atoms with E-state index in [0.29, 0.717) is 5.92 Å². The summed E-state index contributed by atoms with van der Waals surface area (Å²) >= 11 is 0. The molecule has 0 spiro atoms. The molecule has 0 aromatic rings. The second-order valence-electron chi connectivity index (χ2n) is 4.71. The smallest absolute Gasteiger partial charge is 0.0837 e. The molecule has 3 atom stereocenters. The molecule has 0 aromatic heterocycles. The van der Waals surface area contributed by atoms with E-state index in [2.05, 4.69) is 13.8 Å². The number of hydrogen-bond donors (Lipinski definition) is 1. The van der Waals surface area contributed by atoms with Crippen LogP contribution in [-0.2, 0) is 4.74 Å². The zero-order valence-corrected chi connectivity index (χ0v) is 10.2. The van der Waals surface area contributed by atoms with Crippen LogP contribution in [0.4, 0.5) is 0 Å². The van der Waals surface area contributed by atoms with Gasteiger partial charge in [-0.3, -0.25) is 0 Å². The zero-order chi connectivity index (χ0) is 11.1. The zero-order valence-electron chi connectivity index (χ0n) is 10.2. The van der Waals surface area contributed by atoms with E-state index in [4.69, 9.17) is 4.74 Å². The summed E-state index contributed by atoms with van der Waals surface area (Å²) < 4.78 is 5.55. The lowest BCUT2D eigenvalue weighted by Crippen LogP contribution is -2.32. The molecular weight excluding hydrogens is 188 g/mol. The molecule has 0 aromatic carbocycles. The van der Waals surface area contributed by atoms with Crippen LogP contribution in [0.25, 0.3) is 0 Å². The minimum Gasteiger partial charge on any atom is -0.390 e. The standard InChI is InChI=1S/C13H26O2/c1-3-5-6-8-11(4-2)13(14)12-9-7-10-15-12/h11-14H,3-10H2,1-2H3. The molecule has 0 bridgehead atoms. The summed E-state index contributed by atoms with van der Waals surface area (Å²) in [6.45, 7) is 5.24. The summed E-state index contributed by atoms with van der Waals surface area (Å²) in [5, 5.41) is 10.2. The highest BCUT2D eigenvalue weighted by Gasteiger charge is 2.29. The van der Waals surface area contributed by atoms with Gasteiger partial charge in [-0.05, 0) is 25.2 Å². The first-order valence-corrected chi connectivity index (χ1v) is 6.59. The fraction of sp³-hybridized carbons (Fsp3) is 1.00. The number of ether oxygens (including phenoxy) is 1. The normalized spacial score (nSPS) is 25.4. The van der Waals surface area contributed by atoms with Crippen molar-refractivity contribution in [1.29, 1.82) is 0 Å². The maximum atomic E-state index is 10.2. The van der Waals surface area contributed by atoms with Gasteiger partial charge in [0.2, 0.25) is 0 Å². The molecule has 1 N–H and O–H groups in total. The lowest BCUT2D eigenvalue weighted by molar-refractivity contribution is -0.0353. The second-order valence-corrected chi connectivity index (χ2v) is 4.71. The number of aliphatic hydroxyl groups excluding tert-OH is 1. The molecular formula is C13H26O2. The molecule has 1 heterocycles. The van der Waals surface area contributed by atoms with E-state index in [1.807, 2.05) is 0 Å². The maximum absolute atomic E-state index is 10.2. The first kappa shape index (κ1) is 13.0. The average molecular weight is 214 g/mol. The Hall–Kier alpha value is -0.0800. The molecule has 15 heavy (non-hydrogen) atoms. The van der Waals surface area contributed by atoms with Gasteiger partial charge in [-0.15, -0.1) is 0 Å². The highest BCUT2D eigenvalue weighted by Crippen LogP contribution is 2.26. The van der Waals surface area contributed by atoms with Crippen molar-refractivity contribution in [2.24, 2.45) is 5.92 Å². The molecule has 0 amide bonds. The highest BCUT2D eigenvalue weighted by atomic mass is 16.5. The average Bonchev–Trinajstić information content (AvgIpc) is 2.77. The van der Waals surface area contributed by atoms with E-state index < -0.39 is 0 Å². The molecule has 1 rings (SSSR count). The van der Waals surface area contributed by atoms with Crippen molar-refractivity contribution in [1.82, 2.24) is 0 Å². The lowest BCUT2D eigenvalue weighted by atomic mass is 9.89. The summed E-state index contributed by atoms with van der Waals surface area (Å²) in [6.07, 6.45) is 8.08. The molecule has 2 heteroatoms. The van der Waals surface area contributed by atoms with Crippen molar-refractivity contribution < 1.29 is 9.84 Å². The third-order valence-corrected chi connectivity index (χ3v) is 3.53. The number of aliphatic hydroxyl groups is 1. The van der Waals surface area contributed by atoms with Crippen molar-refractivity contribution in [3.63, 3.8) is 0 Å². The largest absolute Gasteiger partial charge is 0.390 e. The van der Waals surface area contributed by atoms with E-state index in [0.717, 1.165) is 32.3 Å². The molecule has 1 aliphatic heterocycles. The summed E-state index contributed by atoms with van der Waals surface area (Å²) in [7, 11) is 0. The van der Waals surface area contributed by atoms with Crippen molar-refractivity contribution in [3.8, 4) is 0 Å². The van der Waals surface area contributed by atoms with Gasteiger partial charge in [-0.25, -0.2) is 0 Å². The SMILES string of the molecule is CCCCCC(CC)C(O)C1CCCO1. The predicted octanol–water partition coefficient (Wildman–Crippen LogP) is 3.13. The summed E-state index contributed by atoms with van der Waals surface area (Å²) in [5.41, 5.74) is 0. The Kier molecular flexibility index (Phi) is 6.26. The van der Waals surface area contributed by atoms with E-state index in [9.17, 15) is 5.11 Å². The van der Waals surface area contributed by atoms with E-state index in [1.165, 1.54) is 19.3 Å². The van der Waals surface area contributed by atoms with Crippen LogP contribution < -0.4 is 0 Å². The Morgan fingerprint density at radius 1 is 1.33 bits per heavy atom. The fourth-order valence-corrected chi connectivity index (χ4v) is 2.45. The molecule has 3 unspecified atom stereocenters. The molecule has 0 aliphatic carbocycles. The van der Waals surface area contributed by atoms with E-state index >= 15 is 0 Å². The van der Waals surface area contributed by atoms with Gasteiger partial charge in [-0.2, -0.15) is 0 Å². The Labute approximate surface area is 94.0 Å². The molecule has 0 radical (unpaired) electrons. The summed E-state index contributed by atoms with van der Waals surface area (Å²) in [4.78, 5) is 0. The van der Waals surface area contributed by atoms with Crippen LogP contribution in [0.3, 0.4) is 0 Å². The number of rotatable bonds is 7. The van der Waals surface area contributed by atoms with Gasteiger partial charge in [0.25, 0.3) is 0 Å². The maximum Gasteiger partial charge on any atom is 0.0837 e. The van der Waals surface area contributed by atoms with Gasteiger partial charge >= 0.3 is 0 Å². The minimum atomic E-state index is -0.227. The van der Waals surface area contributed by atoms with Crippen molar-refractivity contribution in [3.05, 3.63) is 0 Å². The molecule has 90 valence electrons. The topological polar surface area (TPSA) is 29.5 Å². The van der Waals surface area contributed by atoms with Gasteiger partial charge in [-0.1, -0.05) is 39.5 Å². The Morgan fingerprint density at radius 2 is 2.13 bits per heavy atom. The van der Waals surface area contributed by atoms with Gasteiger partial charge in [0.05, 0.1) is 12.2 Å². The van der Waals surface area contributed by atoms with Gasteiger partial charge in [0.1, 0.15) is 0 Å². The molecule has 1 aliphatic rings. The van der Waals surface area contributed by atoms with Crippen LogP contribution in [0.5, 0.6) is 0 Å². The Morgan fingerprint density at radius 3 is 2.67 bits per heavy atom. The van der Waals surface area contributed by atoms with Crippen LogP contribution in [0.2, 0.25) is 0 Å². The first-order chi connectivity index (χ1) is 7.29. The second kappa shape index (κ2) is 7.24. The van der Waals surface area contributed by atoms with E-state index in [-0.39, 0.29) is 12.2 Å².